The van der Waals surface area contributed by atoms with Crippen LogP contribution in [-0.4, -0.2) is 17.1 Å². The molecule has 0 aliphatic heterocycles. The third kappa shape index (κ3) is 3.65. The van der Waals surface area contributed by atoms with Crippen molar-refractivity contribution in [2.24, 2.45) is 0 Å². The molecule has 23 heavy (non-hydrogen) atoms. The van der Waals surface area contributed by atoms with Crippen LogP contribution in [0.3, 0.4) is 0 Å². The fourth-order valence-corrected chi connectivity index (χ4v) is 2.99. The summed E-state index contributed by atoms with van der Waals surface area (Å²) < 4.78 is 5.17. The Bertz CT molecular complexity index is 819. The number of ether oxygens (including phenoxy) is 1. The third-order valence-electron chi connectivity index (χ3n) is 3.25. The number of thiophene rings is 1. The van der Waals surface area contributed by atoms with Gasteiger partial charge in [-0.1, -0.05) is 0 Å². The molecular formula is C17H14N4OS. The summed E-state index contributed by atoms with van der Waals surface area (Å²) >= 11 is 1.72. The minimum absolute atomic E-state index is 0.313. The minimum atomic E-state index is 0.313. The molecule has 0 fully saturated rings. The predicted molar refractivity (Wildman–Crippen MR) is 90.4 cm³/mol. The van der Waals surface area contributed by atoms with Crippen molar-refractivity contribution in [3.63, 3.8) is 0 Å². The number of methoxy groups -OCH3 is 1. The van der Waals surface area contributed by atoms with Crippen molar-refractivity contribution in [1.82, 2.24) is 9.97 Å². The Hall–Kier alpha value is -2.91. The molecule has 2 aromatic heterocycles. The fraction of sp³-hybridized carbons (Fsp3) is 0.118. The maximum absolute atomic E-state index is 8.70. The van der Waals surface area contributed by atoms with E-state index >= 15 is 0 Å². The standard InChI is InChI=1S/C17H14N4OS/c1-22-14-4-2-12(3-5-14)16-7-6-15(23-16)10-21-17-11-19-13(8-18)9-20-17/h2-7,9,11H,10H2,1H3,(H,20,21). The quantitative estimate of drug-likeness (QED) is 0.775. The van der Waals surface area contributed by atoms with Crippen molar-refractivity contribution in [3.8, 4) is 22.3 Å². The molecule has 0 atom stereocenters. The molecule has 0 saturated carbocycles. The average Bonchev–Trinajstić information content (AvgIpc) is 3.09. The molecule has 1 aromatic carbocycles. The lowest BCUT2D eigenvalue weighted by molar-refractivity contribution is 0.415. The van der Waals surface area contributed by atoms with Gasteiger partial charge in [-0.3, -0.25) is 0 Å². The van der Waals surface area contributed by atoms with Gasteiger partial charge in [0.2, 0.25) is 0 Å². The number of nitrogens with zero attached hydrogens (tertiary/aromatic N) is 3. The summed E-state index contributed by atoms with van der Waals surface area (Å²) in [6.45, 7) is 0.668. The van der Waals surface area contributed by atoms with E-state index in [2.05, 4.69) is 27.4 Å². The van der Waals surface area contributed by atoms with Gasteiger partial charge in [0.1, 0.15) is 17.6 Å². The SMILES string of the molecule is COc1ccc(-c2ccc(CNc3cnc(C#N)cn3)s2)cc1. The summed E-state index contributed by atoms with van der Waals surface area (Å²) in [7, 11) is 1.66. The van der Waals surface area contributed by atoms with Crippen molar-refractivity contribution in [2.45, 2.75) is 6.54 Å². The predicted octanol–water partition coefficient (Wildman–Crippen LogP) is 3.70. The second-order valence-electron chi connectivity index (χ2n) is 4.75. The van der Waals surface area contributed by atoms with E-state index in [1.165, 1.54) is 21.5 Å². The average molecular weight is 322 g/mol. The number of hydrogen-bond acceptors (Lipinski definition) is 6. The Morgan fingerprint density at radius 1 is 1.13 bits per heavy atom. The first-order valence-corrected chi connectivity index (χ1v) is 7.79. The Kier molecular flexibility index (Phi) is 4.50. The largest absolute Gasteiger partial charge is 0.497 e. The number of aromatic nitrogens is 2. The minimum Gasteiger partial charge on any atom is -0.497 e. The number of anilines is 1. The van der Waals surface area contributed by atoms with Gasteiger partial charge >= 0.3 is 0 Å². The molecule has 114 valence electrons. The number of hydrogen-bond donors (Lipinski definition) is 1. The van der Waals surface area contributed by atoms with Crippen LogP contribution in [0.5, 0.6) is 5.75 Å². The molecule has 3 aromatic rings. The van der Waals surface area contributed by atoms with Crippen LogP contribution in [-0.2, 0) is 6.54 Å². The zero-order chi connectivity index (χ0) is 16.1. The Labute approximate surface area is 138 Å². The lowest BCUT2D eigenvalue weighted by Gasteiger charge is -2.03. The summed E-state index contributed by atoms with van der Waals surface area (Å²) in [6, 6.07) is 14.2. The van der Waals surface area contributed by atoms with Crippen molar-refractivity contribution < 1.29 is 4.74 Å². The van der Waals surface area contributed by atoms with Crippen LogP contribution in [0.2, 0.25) is 0 Å². The molecule has 3 rings (SSSR count). The summed E-state index contributed by atoms with van der Waals surface area (Å²) in [5.74, 6) is 1.51. The maximum Gasteiger partial charge on any atom is 0.158 e. The molecule has 5 nitrogen and oxygen atoms in total. The molecule has 0 aliphatic carbocycles. The number of nitrogens with one attached hydrogen (secondary N) is 1. The van der Waals surface area contributed by atoms with E-state index in [-0.39, 0.29) is 0 Å². The summed E-state index contributed by atoms with van der Waals surface area (Å²) in [6.07, 6.45) is 3.02. The van der Waals surface area contributed by atoms with Gasteiger partial charge in [0.25, 0.3) is 0 Å². The fourth-order valence-electron chi connectivity index (χ4n) is 2.04. The molecule has 0 bridgehead atoms. The van der Waals surface area contributed by atoms with Gasteiger partial charge in [-0.25, -0.2) is 9.97 Å². The van der Waals surface area contributed by atoms with Gasteiger partial charge in [0.15, 0.2) is 5.69 Å². The lowest BCUT2D eigenvalue weighted by atomic mass is 10.2. The molecule has 2 heterocycles. The highest BCUT2D eigenvalue weighted by molar-refractivity contribution is 7.15. The highest BCUT2D eigenvalue weighted by atomic mass is 32.1. The van der Waals surface area contributed by atoms with E-state index in [0.29, 0.717) is 18.1 Å². The van der Waals surface area contributed by atoms with Crippen LogP contribution in [0.1, 0.15) is 10.6 Å². The molecule has 1 N–H and O–H groups in total. The molecule has 0 aliphatic rings. The Morgan fingerprint density at radius 3 is 2.61 bits per heavy atom. The normalized spacial score (nSPS) is 10.1. The first-order valence-electron chi connectivity index (χ1n) is 6.97. The maximum atomic E-state index is 8.70. The van der Waals surface area contributed by atoms with Crippen LogP contribution in [0, 0.1) is 11.3 Å². The van der Waals surface area contributed by atoms with E-state index < -0.39 is 0 Å². The number of rotatable bonds is 5. The third-order valence-corrected chi connectivity index (χ3v) is 4.38. The van der Waals surface area contributed by atoms with E-state index in [9.17, 15) is 0 Å². The van der Waals surface area contributed by atoms with E-state index in [1.807, 2.05) is 30.3 Å². The van der Waals surface area contributed by atoms with Crippen LogP contribution < -0.4 is 10.1 Å². The Morgan fingerprint density at radius 2 is 1.96 bits per heavy atom. The molecule has 0 unspecified atom stereocenters. The van der Waals surface area contributed by atoms with Gasteiger partial charge in [0.05, 0.1) is 26.0 Å². The number of benzene rings is 1. The van der Waals surface area contributed by atoms with E-state index in [0.717, 1.165) is 5.75 Å². The summed E-state index contributed by atoms with van der Waals surface area (Å²) in [5, 5.41) is 11.9. The summed E-state index contributed by atoms with van der Waals surface area (Å²) in [4.78, 5) is 10.5. The Balaban J connectivity index is 1.65. The molecular weight excluding hydrogens is 308 g/mol. The summed E-state index contributed by atoms with van der Waals surface area (Å²) in [5.41, 5.74) is 1.48. The first-order chi connectivity index (χ1) is 11.3. The first kappa shape index (κ1) is 15.0. The zero-order valence-corrected chi connectivity index (χ0v) is 13.3. The van der Waals surface area contributed by atoms with Crippen LogP contribution in [0.15, 0.2) is 48.8 Å². The van der Waals surface area contributed by atoms with Gasteiger partial charge in [-0.2, -0.15) is 5.26 Å². The van der Waals surface area contributed by atoms with Crippen LogP contribution >= 0.6 is 11.3 Å². The van der Waals surface area contributed by atoms with Gasteiger partial charge in [0, 0.05) is 9.75 Å². The second kappa shape index (κ2) is 6.90. The molecule has 0 amide bonds. The van der Waals surface area contributed by atoms with Crippen LogP contribution in [0.4, 0.5) is 5.82 Å². The lowest BCUT2D eigenvalue weighted by Crippen LogP contribution is -2.00. The van der Waals surface area contributed by atoms with E-state index in [4.69, 9.17) is 10.00 Å². The number of nitriles is 1. The van der Waals surface area contributed by atoms with Gasteiger partial charge < -0.3 is 10.1 Å². The second-order valence-corrected chi connectivity index (χ2v) is 5.92. The van der Waals surface area contributed by atoms with Crippen molar-refractivity contribution in [2.75, 3.05) is 12.4 Å². The van der Waals surface area contributed by atoms with Crippen molar-refractivity contribution in [3.05, 3.63) is 59.4 Å². The van der Waals surface area contributed by atoms with Crippen molar-refractivity contribution >= 4 is 17.2 Å². The topological polar surface area (TPSA) is 70.8 Å². The smallest absolute Gasteiger partial charge is 0.158 e. The highest BCUT2D eigenvalue weighted by Gasteiger charge is 2.04. The van der Waals surface area contributed by atoms with Crippen LogP contribution in [0.25, 0.3) is 10.4 Å². The zero-order valence-electron chi connectivity index (χ0n) is 12.5. The molecule has 6 heteroatoms. The van der Waals surface area contributed by atoms with Crippen molar-refractivity contribution in [1.29, 1.82) is 5.26 Å². The van der Waals surface area contributed by atoms with Gasteiger partial charge in [-0.05, 0) is 42.0 Å². The van der Waals surface area contributed by atoms with E-state index in [1.54, 1.807) is 24.6 Å². The highest BCUT2D eigenvalue weighted by Crippen LogP contribution is 2.29. The monoisotopic (exact) mass is 322 g/mol. The van der Waals surface area contributed by atoms with Gasteiger partial charge in [-0.15, -0.1) is 11.3 Å². The molecule has 0 radical (unpaired) electrons. The molecule has 0 saturated heterocycles. The molecule has 0 spiro atoms.